The first-order valence-corrected chi connectivity index (χ1v) is 11.9. The maximum atomic E-state index is 12.1. The van der Waals surface area contributed by atoms with Crippen molar-refractivity contribution in [3.8, 4) is 17.2 Å². The van der Waals surface area contributed by atoms with Crippen LogP contribution in [0.2, 0.25) is 0 Å². The van der Waals surface area contributed by atoms with Crippen molar-refractivity contribution < 1.29 is 52.4 Å². The van der Waals surface area contributed by atoms with E-state index in [1.807, 2.05) is 12.1 Å². The Labute approximate surface area is 202 Å². The predicted molar refractivity (Wildman–Crippen MR) is 113 cm³/mol. The average molecular weight is 443 g/mol. The van der Waals surface area contributed by atoms with E-state index in [1.54, 1.807) is 12.1 Å². The fourth-order valence-electron chi connectivity index (χ4n) is 3.27. The second-order valence-electron chi connectivity index (χ2n) is 7.38. The minimum Gasteiger partial charge on any atom is -0.869 e. The summed E-state index contributed by atoms with van der Waals surface area (Å²) < 4.78 is 37.1. The molecule has 0 heterocycles. The van der Waals surface area contributed by atoms with Crippen LogP contribution >= 0.6 is 0 Å². The summed E-state index contributed by atoms with van der Waals surface area (Å²) in [4.78, 5) is -0.683. The van der Waals surface area contributed by atoms with E-state index in [0.29, 0.717) is 5.75 Å². The molecule has 0 saturated heterocycles. The molecular weight excluding hydrogens is 411 g/mol. The zero-order valence-electron chi connectivity index (χ0n) is 18.1. The Morgan fingerprint density at radius 1 is 0.867 bits per heavy atom. The summed E-state index contributed by atoms with van der Waals surface area (Å²) in [6.45, 7) is 2.24. The Kier molecular flexibility index (Phi) is 12.7. The van der Waals surface area contributed by atoms with Gasteiger partial charge in [0.05, 0.1) is 4.90 Å². The van der Waals surface area contributed by atoms with Gasteiger partial charge in [-0.25, -0.2) is 0 Å². The second kappa shape index (κ2) is 14.1. The van der Waals surface area contributed by atoms with Crippen LogP contribution in [0.3, 0.4) is 0 Å². The molecule has 30 heavy (non-hydrogen) atoms. The summed E-state index contributed by atoms with van der Waals surface area (Å²) in [5, 5.41) is 12.1. The van der Waals surface area contributed by atoms with E-state index in [1.165, 1.54) is 69.1 Å². The maximum absolute atomic E-state index is 12.1. The van der Waals surface area contributed by atoms with Gasteiger partial charge in [-0.05, 0) is 48.4 Å². The summed E-state index contributed by atoms with van der Waals surface area (Å²) in [7, 11) is -4.57. The van der Waals surface area contributed by atoms with Crippen molar-refractivity contribution in [3.05, 3.63) is 48.0 Å². The van der Waals surface area contributed by atoms with E-state index in [9.17, 15) is 13.5 Å². The smallest absolute Gasteiger partial charge is 0.869 e. The van der Waals surface area contributed by atoms with Crippen molar-refractivity contribution in [1.29, 1.82) is 0 Å². The molecule has 5 nitrogen and oxygen atoms in total. The normalized spacial score (nSPS) is 11.1. The van der Waals surface area contributed by atoms with Crippen LogP contribution in [0.1, 0.15) is 70.3 Å². The van der Waals surface area contributed by atoms with Gasteiger partial charge in [0.15, 0.2) is 0 Å². The molecule has 0 radical (unpaired) electrons. The molecule has 2 aromatic carbocycles. The summed E-state index contributed by atoms with van der Waals surface area (Å²) in [5.41, 5.74) is 1.20. The SMILES string of the molecule is CCCCCCCCCCCc1ccc(Oc2cccc(S(=O)(=O)O)c2[O-])cc1.[Na+]. The molecular formula is C23H31NaO5S. The molecule has 0 unspecified atom stereocenters. The summed E-state index contributed by atoms with van der Waals surface area (Å²) in [6, 6.07) is 11.2. The first-order valence-electron chi connectivity index (χ1n) is 10.5. The molecule has 7 heteroatoms. The molecule has 0 fully saturated rings. The Morgan fingerprint density at radius 3 is 2.00 bits per heavy atom. The minimum atomic E-state index is -4.57. The number of hydrogen-bond acceptors (Lipinski definition) is 4. The standard InChI is InChI=1S/C23H32O5S.Na/c1-2-3-4-5-6-7-8-9-10-12-19-15-17-20(18-16-19)28-21-13-11-14-22(23(21)24)29(25,26)27;/h11,13-18,24H,2-10,12H2,1H3,(H,25,26,27);/q;+1/p-1. The Morgan fingerprint density at radius 2 is 1.43 bits per heavy atom. The zero-order valence-corrected chi connectivity index (χ0v) is 20.9. The van der Waals surface area contributed by atoms with Gasteiger partial charge in [0, 0.05) is 0 Å². The summed E-state index contributed by atoms with van der Waals surface area (Å²) in [6.07, 6.45) is 12.7. The van der Waals surface area contributed by atoms with E-state index in [-0.39, 0.29) is 35.3 Å². The van der Waals surface area contributed by atoms with Crippen molar-refractivity contribution in [2.24, 2.45) is 0 Å². The van der Waals surface area contributed by atoms with Gasteiger partial charge in [0.2, 0.25) is 0 Å². The van der Waals surface area contributed by atoms with Gasteiger partial charge in [-0.1, -0.05) is 76.5 Å². The molecule has 0 spiro atoms. The number of aryl methyl sites for hydroxylation is 1. The van der Waals surface area contributed by atoms with Crippen LogP contribution in [0.25, 0.3) is 0 Å². The largest absolute Gasteiger partial charge is 1.00 e. The summed E-state index contributed by atoms with van der Waals surface area (Å²) >= 11 is 0. The van der Waals surface area contributed by atoms with Crippen LogP contribution in [0.15, 0.2) is 47.4 Å². The number of unbranched alkanes of at least 4 members (excludes halogenated alkanes) is 8. The second-order valence-corrected chi connectivity index (χ2v) is 8.77. The molecule has 0 aromatic heterocycles. The average Bonchev–Trinajstić information content (AvgIpc) is 2.68. The van der Waals surface area contributed by atoms with E-state index in [2.05, 4.69) is 6.92 Å². The van der Waals surface area contributed by atoms with Gasteiger partial charge in [-0.15, -0.1) is 0 Å². The van der Waals surface area contributed by atoms with Crippen LogP contribution in [-0.2, 0) is 16.5 Å². The quantitative estimate of drug-likeness (QED) is 0.293. The van der Waals surface area contributed by atoms with Crippen molar-refractivity contribution >= 4 is 10.1 Å². The van der Waals surface area contributed by atoms with Crippen molar-refractivity contribution in [2.45, 2.75) is 76.0 Å². The molecule has 0 aliphatic rings. The fourth-order valence-corrected chi connectivity index (χ4v) is 3.86. The van der Waals surface area contributed by atoms with Crippen molar-refractivity contribution in [1.82, 2.24) is 0 Å². The van der Waals surface area contributed by atoms with Gasteiger partial charge in [0.25, 0.3) is 10.1 Å². The predicted octanol–water partition coefficient (Wildman–Crippen LogP) is 2.88. The fraction of sp³-hybridized carbons (Fsp3) is 0.478. The Hall–Kier alpha value is -1.05. The first kappa shape index (κ1) is 27.0. The van der Waals surface area contributed by atoms with Crippen LogP contribution in [0, 0.1) is 0 Å². The van der Waals surface area contributed by atoms with E-state index < -0.39 is 20.8 Å². The zero-order chi connectivity index (χ0) is 21.1. The number of hydrogen-bond donors (Lipinski definition) is 1. The number of rotatable bonds is 13. The van der Waals surface area contributed by atoms with Crippen LogP contribution in [0.4, 0.5) is 0 Å². The van der Waals surface area contributed by atoms with Gasteiger partial charge in [-0.3, -0.25) is 4.55 Å². The molecule has 0 aliphatic carbocycles. The molecule has 2 rings (SSSR count). The van der Waals surface area contributed by atoms with Gasteiger partial charge in [-0.2, -0.15) is 8.42 Å². The molecule has 0 aliphatic heterocycles. The maximum Gasteiger partial charge on any atom is 1.00 e. The minimum absolute atomic E-state index is 0. The van der Waals surface area contributed by atoms with Gasteiger partial charge in [0.1, 0.15) is 11.5 Å². The van der Waals surface area contributed by atoms with Crippen LogP contribution in [0.5, 0.6) is 17.2 Å². The molecule has 2 aromatic rings. The van der Waals surface area contributed by atoms with Crippen LogP contribution in [-0.4, -0.2) is 13.0 Å². The molecule has 0 atom stereocenters. The van der Waals surface area contributed by atoms with Crippen molar-refractivity contribution in [2.75, 3.05) is 0 Å². The Bertz CT molecular complexity index is 850. The Balaban J connectivity index is 0.00000450. The third-order valence-electron chi connectivity index (χ3n) is 4.94. The monoisotopic (exact) mass is 442 g/mol. The molecule has 0 amide bonds. The third kappa shape index (κ3) is 9.40. The molecule has 0 saturated carbocycles. The summed E-state index contributed by atoms with van der Waals surface area (Å²) in [5.74, 6) is -0.536. The van der Waals surface area contributed by atoms with E-state index in [4.69, 9.17) is 9.29 Å². The van der Waals surface area contributed by atoms with E-state index >= 15 is 0 Å². The number of ether oxygens (including phenoxy) is 1. The molecule has 0 bridgehead atoms. The van der Waals surface area contributed by atoms with Crippen LogP contribution < -0.4 is 39.4 Å². The molecule has 160 valence electrons. The van der Waals surface area contributed by atoms with E-state index in [0.717, 1.165) is 18.9 Å². The molecule has 1 N–H and O–H groups in total. The van der Waals surface area contributed by atoms with Gasteiger partial charge < -0.3 is 9.84 Å². The number of benzene rings is 2. The first-order chi connectivity index (χ1) is 13.9. The topological polar surface area (TPSA) is 86.7 Å². The number of para-hydroxylation sites is 1. The van der Waals surface area contributed by atoms with Gasteiger partial charge >= 0.3 is 29.6 Å². The third-order valence-corrected chi connectivity index (χ3v) is 5.82. The van der Waals surface area contributed by atoms with Crippen molar-refractivity contribution in [3.63, 3.8) is 0 Å².